The zero-order valence-electron chi connectivity index (χ0n) is 10.0. The lowest BCUT2D eigenvalue weighted by atomic mass is 10.0. The first-order valence-corrected chi connectivity index (χ1v) is 8.94. The van der Waals surface area contributed by atoms with Crippen molar-refractivity contribution in [2.75, 3.05) is 6.54 Å². The molecule has 0 amide bonds. The summed E-state index contributed by atoms with van der Waals surface area (Å²) in [7, 11) is -3.36. The highest BCUT2D eigenvalue weighted by Gasteiger charge is 2.29. The second-order valence-corrected chi connectivity index (χ2v) is 9.04. The molecule has 0 radical (unpaired) electrons. The van der Waals surface area contributed by atoms with Crippen molar-refractivity contribution in [2.45, 2.75) is 17.2 Å². The van der Waals surface area contributed by atoms with Crippen LogP contribution in [0.4, 0.5) is 0 Å². The van der Waals surface area contributed by atoms with Crippen molar-refractivity contribution in [3.05, 3.63) is 51.3 Å². The van der Waals surface area contributed by atoms with Crippen LogP contribution in [0.3, 0.4) is 0 Å². The highest BCUT2D eigenvalue weighted by Crippen LogP contribution is 2.31. The molecule has 3 nitrogen and oxygen atoms in total. The Hall–Kier alpha value is -0.690. The quantitative estimate of drug-likeness (QED) is 0.827. The first-order chi connectivity index (χ1) is 9.07. The lowest BCUT2D eigenvalue weighted by molar-refractivity contribution is 0.392. The summed E-state index contributed by atoms with van der Waals surface area (Å²) in [5, 5.41) is 0. The van der Waals surface area contributed by atoms with Crippen molar-refractivity contribution >= 4 is 37.3 Å². The number of halogens is 1. The van der Waals surface area contributed by atoms with Crippen LogP contribution in [0, 0.1) is 0 Å². The molecule has 3 rings (SSSR count). The minimum atomic E-state index is -3.36. The van der Waals surface area contributed by atoms with Gasteiger partial charge in [-0.25, -0.2) is 8.42 Å². The van der Waals surface area contributed by atoms with E-state index < -0.39 is 10.0 Å². The first kappa shape index (κ1) is 13.3. The average Bonchev–Trinajstić information content (AvgIpc) is 2.85. The molecule has 1 aliphatic heterocycles. The normalized spacial score (nSPS) is 16.3. The van der Waals surface area contributed by atoms with Gasteiger partial charge in [-0.05, 0) is 45.6 Å². The Labute approximate surface area is 125 Å². The van der Waals surface area contributed by atoms with Gasteiger partial charge in [0, 0.05) is 13.1 Å². The molecule has 19 heavy (non-hydrogen) atoms. The van der Waals surface area contributed by atoms with Gasteiger partial charge in [0.15, 0.2) is 0 Å². The van der Waals surface area contributed by atoms with Gasteiger partial charge >= 0.3 is 0 Å². The van der Waals surface area contributed by atoms with Crippen LogP contribution in [-0.2, 0) is 23.0 Å². The summed E-state index contributed by atoms with van der Waals surface area (Å²) < 4.78 is 27.9. The van der Waals surface area contributed by atoms with Gasteiger partial charge in [0.25, 0.3) is 10.0 Å². The minimum Gasteiger partial charge on any atom is -0.206 e. The van der Waals surface area contributed by atoms with E-state index in [1.54, 1.807) is 16.4 Å². The zero-order valence-corrected chi connectivity index (χ0v) is 13.3. The van der Waals surface area contributed by atoms with E-state index in [2.05, 4.69) is 22.0 Å². The average molecular weight is 358 g/mol. The number of benzene rings is 1. The monoisotopic (exact) mass is 357 g/mol. The third-order valence-corrected chi connectivity index (χ3v) is 7.17. The first-order valence-electron chi connectivity index (χ1n) is 5.89. The van der Waals surface area contributed by atoms with Gasteiger partial charge in [-0.1, -0.05) is 24.3 Å². The summed E-state index contributed by atoms with van der Waals surface area (Å²) in [6, 6.07) is 11.5. The fourth-order valence-electron chi connectivity index (χ4n) is 2.24. The molecular formula is C13H12BrNO2S2. The molecule has 1 aromatic heterocycles. The lowest BCUT2D eigenvalue weighted by Crippen LogP contribution is -2.35. The van der Waals surface area contributed by atoms with Gasteiger partial charge in [-0.3, -0.25) is 0 Å². The highest BCUT2D eigenvalue weighted by atomic mass is 79.9. The number of hydrogen-bond acceptors (Lipinski definition) is 3. The third-order valence-electron chi connectivity index (χ3n) is 3.24. The molecule has 2 heterocycles. The molecule has 0 N–H and O–H groups in total. The van der Waals surface area contributed by atoms with E-state index in [9.17, 15) is 8.42 Å². The second kappa shape index (κ2) is 5.01. The number of thiophene rings is 1. The largest absolute Gasteiger partial charge is 0.252 e. The Bertz CT molecular complexity index is 709. The molecule has 0 saturated carbocycles. The molecule has 0 aliphatic carbocycles. The van der Waals surface area contributed by atoms with E-state index in [0.29, 0.717) is 17.3 Å². The van der Waals surface area contributed by atoms with Crippen LogP contribution in [0.5, 0.6) is 0 Å². The third kappa shape index (κ3) is 2.50. The standard InChI is InChI=1S/C13H12BrNO2S2/c14-12-5-6-13(18-12)19(16,17)15-8-7-10-3-1-2-4-11(10)9-15/h1-6H,7-9H2. The second-order valence-electron chi connectivity index (χ2n) is 4.42. The molecule has 1 aliphatic rings. The van der Waals surface area contributed by atoms with E-state index in [1.165, 1.54) is 16.9 Å². The van der Waals surface area contributed by atoms with Crippen molar-refractivity contribution in [2.24, 2.45) is 0 Å². The van der Waals surface area contributed by atoms with Gasteiger partial charge in [-0.15, -0.1) is 11.3 Å². The summed E-state index contributed by atoms with van der Waals surface area (Å²) in [5.41, 5.74) is 2.36. The molecule has 0 fully saturated rings. The molecule has 100 valence electrons. The van der Waals surface area contributed by atoms with E-state index in [4.69, 9.17) is 0 Å². The summed E-state index contributed by atoms with van der Waals surface area (Å²) in [4.78, 5) is 0. The summed E-state index contributed by atoms with van der Waals surface area (Å²) in [6.07, 6.45) is 0.780. The number of sulfonamides is 1. The number of hydrogen-bond donors (Lipinski definition) is 0. The van der Waals surface area contributed by atoms with Crippen molar-refractivity contribution in [3.8, 4) is 0 Å². The fraction of sp³-hybridized carbons (Fsp3) is 0.231. The van der Waals surface area contributed by atoms with Gasteiger partial charge in [0.1, 0.15) is 4.21 Å². The Morgan fingerprint density at radius 1 is 1.11 bits per heavy atom. The van der Waals surface area contributed by atoms with E-state index >= 15 is 0 Å². The summed E-state index contributed by atoms with van der Waals surface area (Å²) in [6.45, 7) is 1.02. The molecule has 2 aromatic rings. The molecule has 1 aromatic carbocycles. The Kier molecular flexibility index (Phi) is 3.51. The SMILES string of the molecule is O=S(=O)(c1ccc(Br)s1)N1CCc2ccccc2C1. The highest BCUT2D eigenvalue weighted by molar-refractivity contribution is 9.11. The van der Waals surface area contributed by atoms with Crippen molar-refractivity contribution < 1.29 is 8.42 Å². The van der Waals surface area contributed by atoms with Crippen LogP contribution in [0.2, 0.25) is 0 Å². The smallest absolute Gasteiger partial charge is 0.206 e. The van der Waals surface area contributed by atoms with E-state index in [0.717, 1.165) is 15.8 Å². The van der Waals surface area contributed by atoms with Gasteiger partial charge in [0.05, 0.1) is 3.79 Å². The number of nitrogens with zero attached hydrogens (tertiary/aromatic N) is 1. The van der Waals surface area contributed by atoms with Crippen molar-refractivity contribution in [3.63, 3.8) is 0 Å². The molecule has 0 bridgehead atoms. The minimum absolute atomic E-state index is 0.402. The van der Waals surface area contributed by atoms with Crippen molar-refractivity contribution in [1.82, 2.24) is 4.31 Å². The van der Waals surface area contributed by atoms with Crippen LogP contribution in [0.1, 0.15) is 11.1 Å². The van der Waals surface area contributed by atoms with Crippen LogP contribution in [-0.4, -0.2) is 19.3 Å². The Balaban J connectivity index is 1.93. The maximum Gasteiger partial charge on any atom is 0.252 e. The maximum atomic E-state index is 12.5. The fourth-order valence-corrected chi connectivity index (χ4v) is 5.82. The predicted molar refractivity (Wildman–Crippen MR) is 79.8 cm³/mol. The predicted octanol–water partition coefficient (Wildman–Crippen LogP) is 3.26. The maximum absolute atomic E-state index is 12.5. The zero-order chi connectivity index (χ0) is 13.5. The Morgan fingerprint density at radius 2 is 1.84 bits per heavy atom. The molecule has 0 unspecified atom stereocenters. The summed E-state index contributed by atoms with van der Waals surface area (Å²) >= 11 is 4.57. The molecule has 6 heteroatoms. The Morgan fingerprint density at radius 3 is 2.53 bits per heavy atom. The lowest BCUT2D eigenvalue weighted by Gasteiger charge is -2.27. The van der Waals surface area contributed by atoms with Gasteiger partial charge < -0.3 is 0 Å². The number of rotatable bonds is 2. The molecule has 0 atom stereocenters. The van der Waals surface area contributed by atoms with Crippen LogP contribution >= 0.6 is 27.3 Å². The van der Waals surface area contributed by atoms with E-state index in [1.807, 2.05) is 18.2 Å². The molecule has 0 spiro atoms. The topological polar surface area (TPSA) is 37.4 Å². The number of fused-ring (bicyclic) bond motifs is 1. The molecule has 0 saturated heterocycles. The van der Waals surface area contributed by atoms with Crippen molar-refractivity contribution in [1.29, 1.82) is 0 Å². The van der Waals surface area contributed by atoms with Crippen LogP contribution < -0.4 is 0 Å². The van der Waals surface area contributed by atoms with Gasteiger partial charge in [0.2, 0.25) is 0 Å². The van der Waals surface area contributed by atoms with Gasteiger partial charge in [-0.2, -0.15) is 4.31 Å². The van der Waals surface area contributed by atoms with Crippen LogP contribution in [0.25, 0.3) is 0 Å². The van der Waals surface area contributed by atoms with E-state index in [-0.39, 0.29) is 0 Å². The molecular weight excluding hydrogens is 346 g/mol. The summed E-state index contributed by atoms with van der Waals surface area (Å²) in [5.74, 6) is 0. The van der Waals surface area contributed by atoms with Crippen LogP contribution in [0.15, 0.2) is 44.4 Å².